The number of nitrogens with zero attached hydrogens (tertiary/aromatic N) is 2. The van der Waals surface area contributed by atoms with E-state index in [2.05, 4.69) is 36.7 Å². The summed E-state index contributed by atoms with van der Waals surface area (Å²) in [5, 5.41) is 11.9. The third-order valence-corrected chi connectivity index (χ3v) is 4.69. The van der Waals surface area contributed by atoms with Crippen molar-refractivity contribution in [2.45, 2.75) is 6.92 Å². The number of aromatic nitrogens is 2. The van der Waals surface area contributed by atoms with E-state index in [1.807, 2.05) is 31.2 Å². The van der Waals surface area contributed by atoms with Gasteiger partial charge in [-0.2, -0.15) is 10.2 Å². The maximum absolute atomic E-state index is 12.3. The summed E-state index contributed by atoms with van der Waals surface area (Å²) >= 11 is 15.4. The Balaban J connectivity index is 1.74. The molecule has 0 aliphatic rings. The number of halogens is 3. The van der Waals surface area contributed by atoms with Crippen molar-refractivity contribution >= 4 is 50.8 Å². The molecule has 1 aromatic heterocycles. The smallest absolute Gasteiger partial charge is 0.272 e. The molecular formula is C18H13BrCl2N4O. The number of H-pyrrole nitrogens is 1. The second kappa shape index (κ2) is 8.03. The number of hydrogen-bond acceptors (Lipinski definition) is 3. The maximum Gasteiger partial charge on any atom is 0.289 e. The first-order valence-corrected chi connectivity index (χ1v) is 9.10. The van der Waals surface area contributed by atoms with Gasteiger partial charge in [-0.1, -0.05) is 51.3 Å². The number of hydrazone groups is 1. The molecule has 0 atom stereocenters. The van der Waals surface area contributed by atoms with E-state index in [9.17, 15) is 4.79 Å². The topological polar surface area (TPSA) is 70.1 Å². The highest BCUT2D eigenvalue weighted by atomic mass is 79.9. The number of carbonyl (C=O) groups excluding carboxylic acids is 1. The lowest BCUT2D eigenvalue weighted by atomic mass is 10.1. The molecule has 1 amide bonds. The zero-order valence-electron chi connectivity index (χ0n) is 13.6. The standard InChI is InChI=1S/C18H13BrCl2N4O/c1-10(11-2-4-12(19)5-3-11)22-25-18(26)17-9-16(23-24-17)14-7-6-13(20)8-15(14)21/h2-9H,1H3,(H,23,24)(H,25,26)/b22-10-. The van der Waals surface area contributed by atoms with Crippen LogP contribution in [0.25, 0.3) is 11.3 Å². The van der Waals surface area contributed by atoms with E-state index in [-0.39, 0.29) is 5.69 Å². The van der Waals surface area contributed by atoms with Crippen LogP contribution >= 0.6 is 39.1 Å². The van der Waals surface area contributed by atoms with Crippen molar-refractivity contribution in [2.24, 2.45) is 5.10 Å². The molecule has 3 aromatic rings. The predicted octanol–water partition coefficient (Wildman–Crippen LogP) is 5.30. The van der Waals surface area contributed by atoms with Gasteiger partial charge >= 0.3 is 0 Å². The molecule has 0 radical (unpaired) electrons. The van der Waals surface area contributed by atoms with Gasteiger partial charge in [-0.25, -0.2) is 5.43 Å². The van der Waals surface area contributed by atoms with Gasteiger partial charge in [0.1, 0.15) is 5.69 Å². The molecule has 8 heteroatoms. The van der Waals surface area contributed by atoms with Crippen molar-refractivity contribution in [3.05, 3.63) is 74.3 Å². The van der Waals surface area contributed by atoms with Crippen LogP contribution in [0.5, 0.6) is 0 Å². The molecule has 0 aliphatic heterocycles. The number of rotatable bonds is 4. The highest BCUT2D eigenvalue weighted by Crippen LogP contribution is 2.29. The molecule has 0 saturated carbocycles. The number of hydrogen-bond donors (Lipinski definition) is 2. The second-order valence-corrected chi connectivity index (χ2v) is 7.20. The van der Waals surface area contributed by atoms with E-state index < -0.39 is 5.91 Å². The summed E-state index contributed by atoms with van der Waals surface area (Å²) in [6, 6.07) is 14.3. The molecular weight excluding hydrogens is 439 g/mol. The van der Waals surface area contributed by atoms with Crippen molar-refractivity contribution in [3.63, 3.8) is 0 Å². The molecule has 0 saturated heterocycles. The number of nitrogens with one attached hydrogen (secondary N) is 2. The summed E-state index contributed by atoms with van der Waals surface area (Å²) in [5.74, 6) is -0.398. The Morgan fingerprint density at radius 3 is 2.58 bits per heavy atom. The Hall–Kier alpha value is -2.15. The summed E-state index contributed by atoms with van der Waals surface area (Å²) < 4.78 is 0.976. The third kappa shape index (κ3) is 4.33. The summed E-state index contributed by atoms with van der Waals surface area (Å²) in [4.78, 5) is 12.3. The van der Waals surface area contributed by atoms with Crippen molar-refractivity contribution in [2.75, 3.05) is 0 Å². The minimum absolute atomic E-state index is 0.276. The zero-order valence-corrected chi connectivity index (χ0v) is 16.7. The molecule has 0 bridgehead atoms. The maximum atomic E-state index is 12.3. The Morgan fingerprint density at radius 1 is 1.15 bits per heavy atom. The largest absolute Gasteiger partial charge is 0.289 e. The van der Waals surface area contributed by atoms with Crippen LogP contribution in [0.4, 0.5) is 0 Å². The van der Waals surface area contributed by atoms with Gasteiger partial charge in [0.25, 0.3) is 5.91 Å². The van der Waals surface area contributed by atoms with Gasteiger partial charge in [0.15, 0.2) is 0 Å². The van der Waals surface area contributed by atoms with Crippen LogP contribution in [0, 0.1) is 0 Å². The summed E-state index contributed by atoms with van der Waals surface area (Å²) in [6.45, 7) is 1.81. The molecule has 2 aromatic carbocycles. The Bertz CT molecular complexity index is 983. The van der Waals surface area contributed by atoms with Crippen LogP contribution in [0.1, 0.15) is 23.0 Å². The van der Waals surface area contributed by atoms with Gasteiger partial charge in [-0.05, 0) is 48.9 Å². The molecule has 5 nitrogen and oxygen atoms in total. The predicted molar refractivity (Wildman–Crippen MR) is 108 cm³/mol. The minimum Gasteiger partial charge on any atom is -0.272 e. The van der Waals surface area contributed by atoms with Crippen LogP contribution in [-0.4, -0.2) is 21.8 Å². The SMILES string of the molecule is C/C(=N/NC(=O)c1cc(-c2ccc(Cl)cc2Cl)n[nH]1)c1ccc(Br)cc1. The first kappa shape index (κ1) is 18.6. The normalized spacial score (nSPS) is 11.5. The fourth-order valence-corrected chi connectivity index (χ4v) is 2.99. The van der Waals surface area contributed by atoms with Gasteiger partial charge in [0.05, 0.1) is 16.4 Å². The van der Waals surface area contributed by atoms with Gasteiger partial charge in [0.2, 0.25) is 0 Å². The summed E-state index contributed by atoms with van der Waals surface area (Å²) in [5.41, 5.74) is 5.61. The van der Waals surface area contributed by atoms with E-state index in [1.165, 1.54) is 0 Å². The summed E-state index contributed by atoms with van der Waals surface area (Å²) in [6.07, 6.45) is 0. The molecule has 0 fully saturated rings. The van der Waals surface area contributed by atoms with E-state index in [0.717, 1.165) is 10.0 Å². The third-order valence-electron chi connectivity index (χ3n) is 3.62. The highest BCUT2D eigenvalue weighted by molar-refractivity contribution is 9.10. The van der Waals surface area contributed by atoms with Crippen molar-refractivity contribution in [1.82, 2.24) is 15.6 Å². The Kier molecular flexibility index (Phi) is 5.76. The molecule has 132 valence electrons. The quantitative estimate of drug-likeness (QED) is 0.417. The van der Waals surface area contributed by atoms with E-state index in [1.54, 1.807) is 24.3 Å². The first-order chi connectivity index (χ1) is 12.4. The second-order valence-electron chi connectivity index (χ2n) is 5.44. The van der Waals surface area contributed by atoms with Crippen molar-refractivity contribution in [1.29, 1.82) is 0 Å². The van der Waals surface area contributed by atoms with Gasteiger partial charge in [0, 0.05) is 15.1 Å². The number of aromatic amines is 1. The number of benzene rings is 2. The number of amides is 1. The van der Waals surface area contributed by atoms with Crippen LogP contribution in [0.2, 0.25) is 10.0 Å². The highest BCUT2D eigenvalue weighted by Gasteiger charge is 2.13. The monoisotopic (exact) mass is 450 g/mol. The van der Waals surface area contributed by atoms with E-state index in [0.29, 0.717) is 27.0 Å². The van der Waals surface area contributed by atoms with Crippen molar-refractivity contribution in [3.8, 4) is 11.3 Å². The van der Waals surface area contributed by atoms with Crippen LogP contribution in [0.15, 0.2) is 58.1 Å². The molecule has 2 N–H and O–H groups in total. The van der Waals surface area contributed by atoms with Crippen molar-refractivity contribution < 1.29 is 4.79 Å². The Morgan fingerprint density at radius 2 is 1.88 bits per heavy atom. The lowest BCUT2D eigenvalue weighted by Crippen LogP contribution is -2.19. The zero-order chi connectivity index (χ0) is 18.7. The first-order valence-electron chi connectivity index (χ1n) is 7.55. The van der Waals surface area contributed by atoms with Gasteiger partial charge in [-0.15, -0.1) is 0 Å². The van der Waals surface area contributed by atoms with Gasteiger partial charge in [-0.3, -0.25) is 9.89 Å². The van der Waals surface area contributed by atoms with Crippen LogP contribution in [-0.2, 0) is 0 Å². The molecule has 3 rings (SSSR count). The van der Waals surface area contributed by atoms with Crippen LogP contribution < -0.4 is 5.43 Å². The van der Waals surface area contributed by atoms with E-state index in [4.69, 9.17) is 23.2 Å². The number of carbonyl (C=O) groups is 1. The Labute approximate surface area is 168 Å². The lowest BCUT2D eigenvalue weighted by molar-refractivity contribution is 0.0950. The summed E-state index contributed by atoms with van der Waals surface area (Å²) in [7, 11) is 0. The average Bonchev–Trinajstić information content (AvgIpc) is 3.10. The fourth-order valence-electron chi connectivity index (χ4n) is 2.22. The lowest BCUT2D eigenvalue weighted by Gasteiger charge is -2.02. The minimum atomic E-state index is -0.398. The molecule has 0 aliphatic carbocycles. The van der Waals surface area contributed by atoms with Crippen LogP contribution in [0.3, 0.4) is 0 Å². The fraction of sp³-hybridized carbons (Fsp3) is 0.0556. The molecule has 1 heterocycles. The molecule has 26 heavy (non-hydrogen) atoms. The average molecular weight is 452 g/mol. The molecule has 0 spiro atoms. The van der Waals surface area contributed by atoms with E-state index >= 15 is 0 Å². The van der Waals surface area contributed by atoms with Gasteiger partial charge < -0.3 is 0 Å². The molecule has 0 unspecified atom stereocenters.